The van der Waals surface area contributed by atoms with Gasteiger partial charge < -0.3 is 18.6 Å². The summed E-state index contributed by atoms with van der Waals surface area (Å²) >= 11 is 0. The van der Waals surface area contributed by atoms with Gasteiger partial charge in [-0.15, -0.1) is 0 Å². The van der Waals surface area contributed by atoms with Gasteiger partial charge >= 0.3 is 7.12 Å². The maximum Gasteiger partial charge on any atom is 0.498 e. The molecule has 1 aromatic carbocycles. The van der Waals surface area contributed by atoms with E-state index in [2.05, 4.69) is 79.8 Å². The Labute approximate surface area is 178 Å². The van der Waals surface area contributed by atoms with Crippen molar-refractivity contribution in [1.82, 2.24) is 9.38 Å². The van der Waals surface area contributed by atoms with Gasteiger partial charge in [-0.3, -0.25) is 0 Å². The molecule has 4 aliphatic rings. The van der Waals surface area contributed by atoms with Crippen LogP contribution < -0.4 is 10.4 Å². The Morgan fingerprint density at radius 3 is 2.63 bits per heavy atom. The maximum atomic E-state index is 6.52. The third-order valence-electron chi connectivity index (χ3n) is 7.85. The molecular formula is C24H28BN3O2. The Balaban J connectivity index is 1.32. The highest BCUT2D eigenvalue weighted by Crippen LogP contribution is 2.61. The van der Waals surface area contributed by atoms with Gasteiger partial charge in [0.2, 0.25) is 0 Å². The van der Waals surface area contributed by atoms with Crippen LogP contribution in [0.2, 0.25) is 0 Å². The number of anilines is 1. The lowest BCUT2D eigenvalue weighted by Crippen LogP contribution is -2.59. The van der Waals surface area contributed by atoms with E-state index in [1.54, 1.807) is 0 Å². The molecule has 3 aromatic rings. The van der Waals surface area contributed by atoms with Crippen LogP contribution in [0.1, 0.15) is 26.7 Å². The molecule has 1 aliphatic heterocycles. The summed E-state index contributed by atoms with van der Waals surface area (Å²) < 4.78 is 15.0. The van der Waals surface area contributed by atoms with Crippen molar-refractivity contribution in [3.05, 3.63) is 48.8 Å². The van der Waals surface area contributed by atoms with Crippen molar-refractivity contribution in [2.45, 2.75) is 38.9 Å². The number of nitrogens with zero attached hydrogens (tertiary/aromatic N) is 3. The summed E-state index contributed by atoms with van der Waals surface area (Å²) in [6.45, 7) is 4.78. The standard InChI is InChI=1S/C24H28BN3O2/c1-24(2)16-12-18(24)22-21(13-16)29-25(30-22)19-6-5-11-28-14-20(26-23(19)28)15-7-9-17(10-8-15)27(3)4/h5-11,14,16,18,21-22H,12-13H2,1-4H3. The summed E-state index contributed by atoms with van der Waals surface area (Å²) in [5, 5.41) is 0. The van der Waals surface area contributed by atoms with E-state index in [1.165, 1.54) is 12.1 Å². The van der Waals surface area contributed by atoms with Gasteiger partial charge in [0.1, 0.15) is 5.65 Å². The Kier molecular flexibility index (Phi) is 3.91. The number of benzene rings is 1. The summed E-state index contributed by atoms with van der Waals surface area (Å²) in [6.07, 6.45) is 6.97. The second-order valence-corrected chi connectivity index (χ2v) is 9.97. The van der Waals surface area contributed by atoms with E-state index in [9.17, 15) is 0 Å². The highest BCUT2D eigenvalue weighted by atomic mass is 16.7. The number of aromatic nitrogens is 2. The van der Waals surface area contributed by atoms with Crippen molar-refractivity contribution in [3.63, 3.8) is 0 Å². The van der Waals surface area contributed by atoms with E-state index in [1.807, 2.05) is 6.20 Å². The van der Waals surface area contributed by atoms with Crippen molar-refractivity contribution >= 4 is 23.9 Å². The normalized spacial score (nSPS) is 29.0. The molecule has 5 nitrogen and oxygen atoms in total. The van der Waals surface area contributed by atoms with Crippen LogP contribution in [0.25, 0.3) is 16.9 Å². The highest BCUT2D eigenvalue weighted by molar-refractivity contribution is 6.64. The molecule has 1 saturated heterocycles. The zero-order chi connectivity index (χ0) is 20.6. The lowest BCUT2D eigenvalue weighted by molar-refractivity contribution is -0.150. The molecule has 2 aromatic heterocycles. The largest absolute Gasteiger partial charge is 0.498 e. The fourth-order valence-corrected chi connectivity index (χ4v) is 5.77. The molecule has 6 heteroatoms. The van der Waals surface area contributed by atoms with Crippen molar-refractivity contribution in [1.29, 1.82) is 0 Å². The number of imidazole rings is 1. The predicted molar refractivity (Wildman–Crippen MR) is 120 cm³/mol. The van der Waals surface area contributed by atoms with Gasteiger partial charge in [0.05, 0.1) is 17.9 Å². The Morgan fingerprint density at radius 1 is 1.10 bits per heavy atom. The van der Waals surface area contributed by atoms with Crippen LogP contribution in [-0.2, 0) is 9.31 Å². The van der Waals surface area contributed by atoms with Gasteiger partial charge in [-0.05, 0) is 48.3 Å². The number of pyridine rings is 1. The molecule has 4 fully saturated rings. The first-order chi connectivity index (χ1) is 14.4. The van der Waals surface area contributed by atoms with Gasteiger partial charge in [-0.2, -0.15) is 0 Å². The third-order valence-corrected chi connectivity index (χ3v) is 7.85. The molecule has 30 heavy (non-hydrogen) atoms. The number of rotatable bonds is 3. The molecule has 2 bridgehead atoms. The van der Waals surface area contributed by atoms with Gasteiger partial charge in [0.15, 0.2) is 0 Å². The smallest absolute Gasteiger partial charge is 0.402 e. The zero-order valence-electron chi connectivity index (χ0n) is 18.1. The van der Waals surface area contributed by atoms with Gasteiger partial charge in [0.25, 0.3) is 0 Å². The Morgan fingerprint density at radius 2 is 1.90 bits per heavy atom. The molecule has 0 N–H and O–H groups in total. The van der Waals surface area contributed by atoms with Crippen molar-refractivity contribution in [2.75, 3.05) is 19.0 Å². The van der Waals surface area contributed by atoms with Crippen LogP contribution >= 0.6 is 0 Å². The van der Waals surface area contributed by atoms with E-state index >= 15 is 0 Å². The average molecular weight is 401 g/mol. The van der Waals surface area contributed by atoms with Crippen LogP contribution in [0.15, 0.2) is 48.8 Å². The summed E-state index contributed by atoms with van der Waals surface area (Å²) in [7, 11) is 3.78. The number of hydrogen-bond donors (Lipinski definition) is 0. The first-order valence-electron chi connectivity index (χ1n) is 11.0. The van der Waals surface area contributed by atoms with E-state index in [-0.39, 0.29) is 19.3 Å². The summed E-state index contributed by atoms with van der Waals surface area (Å²) in [6, 6.07) is 12.7. The first kappa shape index (κ1) is 18.5. The molecule has 7 rings (SSSR count). The quantitative estimate of drug-likeness (QED) is 0.629. The minimum atomic E-state index is -0.329. The molecule has 0 spiro atoms. The van der Waals surface area contributed by atoms with Gasteiger partial charge in [0, 0.05) is 43.2 Å². The van der Waals surface area contributed by atoms with Gasteiger partial charge in [-0.25, -0.2) is 4.98 Å². The SMILES string of the molecule is CN(C)c1ccc(-c2cn3cccc(B4OC5CC6CC(C5O4)C6(C)C)c3n2)cc1. The van der Waals surface area contributed by atoms with Crippen LogP contribution in [0, 0.1) is 17.3 Å². The molecule has 0 radical (unpaired) electrons. The third kappa shape index (κ3) is 2.60. The average Bonchev–Trinajstić information content (AvgIpc) is 3.37. The van der Waals surface area contributed by atoms with E-state index in [0.29, 0.717) is 11.3 Å². The van der Waals surface area contributed by atoms with E-state index in [0.717, 1.165) is 34.7 Å². The Bertz CT molecular complexity index is 1110. The zero-order valence-corrected chi connectivity index (χ0v) is 18.1. The molecule has 154 valence electrons. The summed E-state index contributed by atoms with van der Waals surface area (Å²) in [5.41, 5.74) is 5.58. The maximum absolute atomic E-state index is 6.52. The molecule has 0 amide bonds. The predicted octanol–water partition coefficient (Wildman–Crippen LogP) is 3.61. The fourth-order valence-electron chi connectivity index (χ4n) is 5.77. The van der Waals surface area contributed by atoms with Crippen LogP contribution in [0.4, 0.5) is 5.69 Å². The number of fused-ring (bicyclic) bond motifs is 1. The minimum Gasteiger partial charge on any atom is -0.402 e. The molecular weight excluding hydrogens is 373 g/mol. The lowest BCUT2D eigenvalue weighted by atomic mass is 9.47. The van der Waals surface area contributed by atoms with Crippen molar-refractivity contribution in [3.8, 4) is 11.3 Å². The van der Waals surface area contributed by atoms with E-state index < -0.39 is 0 Å². The van der Waals surface area contributed by atoms with Crippen molar-refractivity contribution in [2.24, 2.45) is 17.3 Å². The van der Waals surface area contributed by atoms with Crippen molar-refractivity contribution < 1.29 is 9.31 Å². The molecule has 4 atom stereocenters. The van der Waals surface area contributed by atoms with Crippen LogP contribution in [0.3, 0.4) is 0 Å². The van der Waals surface area contributed by atoms with Gasteiger partial charge in [-0.1, -0.05) is 32.0 Å². The van der Waals surface area contributed by atoms with Crippen LogP contribution in [-0.4, -0.2) is 42.8 Å². The molecule has 3 heterocycles. The molecule has 3 aliphatic carbocycles. The Hall–Kier alpha value is -2.31. The van der Waals surface area contributed by atoms with E-state index in [4.69, 9.17) is 14.3 Å². The molecule has 4 unspecified atom stereocenters. The summed E-state index contributed by atoms with van der Waals surface area (Å²) in [4.78, 5) is 7.07. The number of hydrogen-bond acceptors (Lipinski definition) is 4. The topological polar surface area (TPSA) is 39.0 Å². The second-order valence-electron chi connectivity index (χ2n) is 9.97. The monoisotopic (exact) mass is 401 g/mol. The minimum absolute atomic E-state index is 0.211. The second kappa shape index (κ2) is 6.35. The van der Waals surface area contributed by atoms with Crippen LogP contribution in [0.5, 0.6) is 0 Å². The fraction of sp³-hybridized carbons (Fsp3) is 0.458. The first-order valence-corrected chi connectivity index (χ1v) is 11.0. The summed E-state index contributed by atoms with van der Waals surface area (Å²) in [5.74, 6) is 1.38. The highest BCUT2D eigenvalue weighted by Gasteiger charge is 2.62. The lowest BCUT2D eigenvalue weighted by Gasteiger charge is -2.60. The molecule has 3 saturated carbocycles.